The van der Waals surface area contributed by atoms with Gasteiger partial charge in [-0.2, -0.15) is 0 Å². The van der Waals surface area contributed by atoms with Gasteiger partial charge < -0.3 is 58.0 Å². The molecule has 328 valence electrons. The molecule has 2 N–H and O–H groups in total. The van der Waals surface area contributed by atoms with E-state index in [0.29, 0.717) is 79.6 Å². The van der Waals surface area contributed by atoms with Crippen molar-refractivity contribution in [2.24, 2.45) is 0 Å². The molecule has 0 aliphatic heterocycles. The molecular weight excluding hydrogens is 813 g/mol. The number of rotatable bonds is 22. The van der Waals surface area contributed by atoms with E-state index in [1.807, 2.05) is 0 Å². The number of carbonyl (C=O) groups is 2. The molecule has 61 heavy (non-hydrogen) atoms. The van der Waals surface area contributed by atoms with Crippen molar-refractivity contribution in [1.29, 1.82) is 0 Å². The van der Waals surface area contributed by atoms with Crippen LogP contribution in [0.1, 0.15) is 32.8 Å². The van der Waals surface area contributed by atoms with E-state index < -0.39 is 32.3 Å². The molecule has 2 unspecified atom stereocenters. The van der Waals surface area contributed by atoms with Gasteiger partial charge in [-0.15, -0.1) is 0 Å². The lowest BCUT2D eigenvalue weighted by Gasteiger charge is -2.24. The monoisotopic (exact) mass is 864 g/mol. The summed E-state index contributed by atoms with van der Waals surface area (Å²) in [6.45, 7) is -0.457. The first kappa shape index (κ1) is 46.9. The maximum Gasteiger partial charge on any atom is 0.325 e. The van der Waals surface area contributed by atoms with Gasteiger partial charge in [0.1, 0.15) is 69.6 Å². The van der Waals surface area contributed by atoms with Gasteiger partial charge >= 0.3 is 11.9 Å². The van der Waals surface area contributed by atoms with E-state index in [1.54, 1.807) is 72.8 Å². The molecule has 0 saturated heterocycles. The molecule has 0 spiro atoms. The number of carbonyl (C=O) groups excluding carboxylic acids is 2. The summed E-state index contributed by atoms with van der Waals surface area (Å²) in [5.41, 5.74) is 2.12. The van der Waals surface area contributed by atoms with E-state index >= 15 is 8.42 Å². The predicted molar refractivity (Wildman–Crippen MR) is 232 cm³/mol. The van der Waals surface area contributed by atoms with Gasteiger partial charge in [0.2, 0.25) is 0 Å². The van der Waals surface area contributed by atoms with Crippen LogP contribution in [-0.2, 0) is 28.9 Å². The molecule has 2 atom stereocenters. The van der Waals surface area contributed by atoms with Gasteiger partial charge in [-0.1, -0.05) is 24.3 Å². The molecule has 4 aromatic carbocycles. The minimum absolute atomic E-state index is 0.228. The van der Waals surface area contributed by atoms with E-state index in [-0.39, 0.29) is 13.1 Å². The molecule has 0 aliphatic rings. The average Bonchev–Trinajstić information content (AvgIpc) is 3.29. The highest BCUT2D eigenvalue weighted by Crippen LogP contribution is 2.44. The van der Waals surface area contributed by atoms with Crippen molar-refractivity contribution in [3.63, 3.8) is 0 Å². The summed E-state index contributed by atoms with van der Waals surface area (Å²) in [6, 6.07) is 16.2. The fraction of sp³-hybridized carbons (Fsp3) is 0.318. The second-order valence-electron chi connectivity index (χ2n) is 12.8. The van der Waals surface area contributed by atoms with Gasteiger partial charge in [0.15, 0.2) is 9.84 Å². The first-order chi connectivity index (χ1) is 29.4. The number of hydrogen-bond donors (Lipinski definition) is 2. The van der Waals surface area contributed by atoms with Crippen molar-refractivity contribution in [3.05, 3.63) is 95.1 Å². The second-order valence-corrected chi connectivity index (χ2v) is 15.0. The zero-order chi connectivity index (χ0) is 44.7. The number of sulfone groups is 1. The SMILES string of the molecule is COC(=O)CNc1cc(C(/C=C/c2c(OC)cc(OC)cc2OC)S(=O)(=O)C(/C=C/c2c(OC)cc(OC)cc2OC)c2ccc(OC)c(NCC(=O)OC)c2)ccc1OC. The standard InChI is InChI=1S/C44H52N2O14S/c1-51-29-21-37(55-5)31(38(22-29)56-6)13-17-41(27-11-15-35(53-3)33(19-27)45-25-43(47)59-9)61(49,50)42(18-14-32-39(57-7)23-30(52-2)24-40(32)58-8)28-12-16-36(54-4)34(20-28)46-26-44(48)60-10/h11-24,41-42,45-46H,25-26H2,1-10H3/b17-13+,18-14+. The summed E-state index contributed by atoms with van der Waals surface area (Å²) >= 11 is 0. The predicted octanol–water partition coefficient (Wildman–Crippen LogP) is 6.55. The summed E-state index contributed by atoms with van der Waals surface area (Å²) in [6.07, 6.45) is 6.23. The van der Waals surface area contributed by atoms with Crippen LogP contribution in [0.2, 0.25) is 0 Å². The van der Waals surface area contributed by atoms with Crippen LogP contribution in [0.4, 0.5) is 11.4 Å². The molecule has 0 aromatic heterocycles. The lowest BCUT2D eigenvalue weighted by molar-refractivity contribution is -0.139. The highest BCUT2D eigenvalue weighted by Gasteiger charge is 2.35. The number of esters is 2. The fourth-order valence-electron chi connectivity index (χ4n) is 6.30. The summed E-state index contributed by atoms with van der Waals surface area (Å²) in [5, 5.41) is 3.17. The highest BCUT2D eigenvalue weighted by atomic mass is 32.2. The van der Waals surface area contributed by atoms with Crippen LogP contribution < -0.4 is 48.5 Å². The Morgan fingerprint density at radius 1 is 0.492 bits per heavy atom. The van der Waals surface area contributed by atoms with Gasteiger partial charge in [0.25, 0.3) is 0 Å². The molecule has 0 aliphatic carbocycles. The Kier molecular flexibility index (Phi) is 16.9. The fourth-order valence-corrected chi connectivity index (χ4v) is 8.26. The Bertz CT molecular complexity index is 2120. The molecule has 0 bridgehead atoms. The third-order valence-corrected chi connectivity index (χ3v) is 11.8. The van der Waals surface area contributed by atoms with Crippen LogP contribution in [0.25, 0.3) is 12.2 Å². The van der Waals surface area contributed by atoms with Crippen molar-refractivity contribution in [2.75, 3.05) is 94.8 Å². The van der Waals surface area contributed by atoms with Crippen LogP contribution in [0.15, 0.2) is 72.8 Å². The number of hydrogen-bond acceptors (Lipinski definition) is 16. The highest BCUT2D eigenvalue weighted by molar-refractivity contribution is 7.92. The normalized spacial score (nSPS) is 12.2. The van der Waals surface area contributed by atoms with Crippen molar-refractivity contribution in [2.45, 2.75) is 10.5 Å². The lowest BCUT2D eigenvalue weighted by atomic mass is 10.1. The number of nitrogens with one attached hydrogen (secondary N) is 2. The van der Waals surface area contributed by atoms with Gasteiger partial charge in [-0.3, -0.25) is 9.59 Å². The Labute approximate surface area is 356 Å². The van der Waals surface area contributed by atoms with Crippen LogP contribution >= 0.6 is 0 Å². The van der Waals surface area contributed by atoms with Crippen LogP contribution in [0.5, 0.6) is 46.0 Å². The Balaban J connectivity index is 2.08. The summed E-state index contributed by atoms with van der Waals surface area (Å²) in [7, 11) is 9.85. The van der Waals surface area contributed by atoms with E-state index in [2.05, 4.69) is 10.6 Å². The molecule has 4 aromatic rings. The molecule has 0 saturated carbocycles. The van der Waals surface area contributed by atoms with Gasteiger partial charge in [0.05, 0.1) is 93.6 Å². The molecule has 17 heteroatoms. The number of ether oxygens (including phenoxy) is 10. The lowest BCUT2D eigenvalue weighted by Crippen LogP contribution is -2.20. The van der Waals surface area contributed by atoms with Gasteiger partial charge in [-0.25, -0.2) is 8.42 Å². The second kappa shape index (κ2) is 22.0. The molecule has 4 rings (SSSR count). The Hall–Kier alpha value is -6.75. The zero-order valence-electron chi connectivity index (χ0n) is 35.8. The Morgan fingerprint density at radius 3 is 1.10 bits per heavy atom. The number of methoxy groups -OCH3 is 10. The van der Waals surface area contributed by atoms with Crippen LogP contribution in [0.3, 0.4) is 0 Å². The van der Waals surface area contributed by atoms with E-state index in [1.165, 1.54) is 83.3 Å². The Morgan fingerprint density at radius 2 is 0.820 bits per heavy atom. The number of anilines is 2. The third kappa shape index (κ3) is 11.3. The zero-order valence-corrected chi connectivity index (χ0v) is 36.6. The van der Waals surface area contributed by atoms with Gasteiger partial charge in [-0.05, 0) is 47.5 Å². The van der Waals surface area contributed by atoms with Crippen molar-refractivity contribution < 1.29 is 65.4 Å². The van der Waals surface area contributed by atoms with Crippen molar-refractivity contribution >= 4 is 45.3 Å². The molecule has 0 amide bonds. The topological polar surface area (TPSA) is 185 Å². The summed E-state index contributed by atoms with van der Waals surface area (Å²) in [5.74, 6) is 1.90. The van der Waals surface area contributed by atoms with E-state index in [9.17, 15) is 9.59 Å². The van der Waals surface area contributed by atoms with Crippen molar-refractivity contribution in [3.8, 4) is 46.0 Å². The first-order valence-corrected chi connectivity index (χ1v) is 20.1. The minimum atomic E-state index is -4.46. The van der Waals surface area contributed by atoms with Crippen LogP contribution in [-0.4, -0.2) is 105 Å². The summed E-state index contributed by atoms with van der Waals surface area (Å²) < 4.78 is 85.9. The van der Waals surface area contributed by atoms with Gasteiger partial charge in [0, 0.05) is 24.3 Å². The molecule has 0 fully saturated rings. The van der Waals surface area contributed by atoms with Crippen LogP contribution in [0, 0.1) is 0 Å². The maximum atomic E-state index is 15.7. The smallest absolute Gasteiger partial charge is 0.325 e. The first-order valence-electron chi connectivity index (χ1n) is 18.5. The average molecular weight is 865 g/mol. The molecule has 0 heterocycles. The minimum Gasteiger partial charge on any atom is -0.496 e. The number of benzene rings is 4. The maximum absolute atomic E-state index is 15.7. The van der Waals surface area contributed by atoms with E-state index in [0.717, 1.165) is 0 Å². The summed E-state index contributed by atoms with van der Waals surface area (Å²) in [4.78, 5) is 24.4. The third-order valence-electron chi connectivity index (χ3n) is 9.50. The molecule has 0 radical (unpaired) electrons. The molecular formula is C44H52N2O14S. The quantitative estimate of drug-likeness (QED) is 0.0810. The molecule has 16 nitrogen and oxygen atoms in total. The van der Waals surface area contributed by atoms with E-state index in [4.69, 9.17) is 47.4 Å². The largest absolute Gasteiger partial charge is 0.496 e. The van der Waals surface area contributed by atoms with Crippen molar-refractivity contribution in [1.82, 2.24) is 0 Å².